The van der Waals surface area contributed by atoms with Crippen LogP contribution in [0.3, 0.4) is 0 Å². The first-order valence-corrected chi connectivity index (χ1v) is 9.55. The first-order valence-electron chi connectivity index (χ1n) is 9.17. The molecule has 3 saturated heterocycles. The monoisotopic (exact) mass is 396 g/mol. The number of imidazole rings is 1. The molecule has 3 N–H and O–H groups in total. The molecular formula is C17H21ClN4O5. The molecule has 0 aliphatic carbocycles. The SMILES string of the molecule is O[C@@H]1CO[C@H]2[C@@H]1OC[C@H]2Oc1nc2nc(NCC3CCCO3)c(Cl)cc2[nH]1. The van der Waals surface area contributed by atoms with Crippen LogP contribution in [0.25, 0.3) is 11.2 Å². The van der Waals surface area contributed by atoms with E-state index in [-0.39, 0.29) is 31.0 Å². The molecule has 2 aromatic rings. The number of aliphatic hydroxyl groups is 1. The Balaban J connectivity index is 1.30. The second kappa shape index (κ2) is 7.06. The highest BCUT2D eigenvalue weighted by molar-refractivity contribution is 6.33. The van der Waals surface area contributed by atoms with E-state index in [4.69, 9.17) is 30.5 Å². The Labute approximate surface area is 160 Å². The van der Waals surface area contributed by atoms with Gasteiger partial charge >= 0.3 is 0 Å². The average molecular weight is 397 g/mol. The summed E-state index contributed by atoms with van der Waals surface area (Å²) in [6.07, 6.45) is 0.718. The highest BCUT2D eigenvalue weighted by Gasteiger charge is 2.48. The number of aromatic nitrogens is 3. The first kappa shape index (κ1) is 17.4. The van der Waals surface area contributed by atoms with Gasteiger partial charge in [0.05, 0.1) is 29.9 Å². The number of hydrogen-bond donors (Lipinski definition) is 3. The molecule has 9 nitrogen and oxygen atoms in total. The third-order valence-corrected chi connectivity index (χ3v) is 5.46. The average Bonchev–Trinajstić information content (AvgIpc) is 3.41. The molecule has 0 aromatic carbocycles. The van der Waals surface area contributed by atoms with Crippen LogP contribution in [0.1, 0.15) is 12.8 Å². The van der Waals surface area contributed by atoms with Gasteiger partial charge in [-0.2, -0.15) is 4.98 Å². The maximum atomic E-state index is 9.82. The van der Waals surface area contributed by atoms with Crippen LogP contribution in [0.2, 0.25) is 5.02 Å². The van der Waals surface area contributed by atoms with Crippen molar-refractivity contribution < 1.29 is 24.1 Å². The number of nitrogens with one attached hydrogen (secondary N) is 2. The van der Waals surface area contributed by atoms with Crippen LogP contribution in [0, 0.1) is 0 Å². The summed E-state index contributed by atoms with van der Waals surface area (Å²) < 4.78 is 22.6. The van der Waals surface area contributed by atoms with Gasteiger partial charge in [0, 0.05) is 13.2 Å². The zero-order valence-corrected chi connectivity index (χ0v) is 15.3. The molecule has 0 bridgehead atoms. The van der Waals surface area contributed by atoms with E-state index in [2.05, 4.69) is 20.3 Å². The van der Waals surface area contributed by atoms with Crippen LogP contribution in [0.4, 0.5) is 5.82 Å². The second-order valence-electron chi connectivity index (χ2n) is 7.07. The van der Waals surface area contributed by atoms with E-state index in [1.54, 1.807) is 6.07 Å². The molecule has 146 valence electrons. The van der Waals surface area contributed by atoms with Crippen molar-refractivity contribution in [2.24, 2.45) is 0 Å². The molecule has 27 heavy (non-hydrogen) atoms. The zero-order valence-electron chi connectivity index (χ0n) is 14.6. The molecule has 5 atom stereocenters. The van der Waals surface area contributed by atoms with Crippen molar-refractivity contribution in [3.63, 3.8) is 0 Å². The minimum atomic E-state index is -0.614. The molecular weight excluding hydrogens is 376 g/mol. The third-order valence-electron chi connectivity index (χ3n) is 5.17. The summed E-state index contributed by atoms with van der Waals surface area (Å²) in [5, 5.41) is 13.6. The number of aliphatic hydroxyl groups excluding tert-OH is 1. The van der Waals surface area contributed by atoms with E-state index in [1.807, 2.05) is 0 Å². The van der Waals surface area contributed by atoms with Gasteiger partial charge in [-0.1, -0.05) is 11.6 Å². The summed E-state index contributed by atoms with van der Waals surface area (Å²) in [6, 6.07) is 2.09. The molecule has 5 rings (SSSR count). The molecule has 3 aliphatic rings. The van der Waals surface area contributed by atoms with Crippen molar-refractivity contribution >= 4 is 28.6 Å². The van der Waals surface area contributed by atoms with Gasteiger partial charge in [-0.25, -0.2) is 4.98 Å². The highest BCUT2D eigenvalue weighted by atomic mass is 35.5. The number of rotatable bonds is 5. The quantitative estimate of drug-likeness (QED) is 0.689. The molecule has 10 heteroatoms. The summed E-state index contributed by atoms with van der Waals surface area (Å²) in [5.74, 6) is 0.573. The fourth-order valence-corrected chi connectivity index (χ4v) is 4.00. The molecule has 3 fully saturated rings. The van der Waals surface area contributed by atoms with Crippen LogP contribution >= 0.6 is 11.6 Å². The normalized spacial score (nSPS) is 32.9. The molecule has 0 amide bonds. The van der Waals surface area contributed by atoms with Crippen molar-refractivity contribution in [3.05, 3.63) is 11.1 Å². The Kier molecular flexibility index (Phi) is 4.57. The smallest absolute Gasteiger partial charge is 0.296 e. The maximum Gasteiger partial charge on any atom is 0.296 e. The number of fused-ring (bicyclic) bond motifs is 2. The molecule has 2 aromatic heterocycles. The Morgan fingerprint density at radius 3 is 3.00 bits per heavy atom. The Hall–Kier alpha value is -1.65. The highest BCUT2D eigenvalue weighted by Crippen LogP contribution is 2.30. The van der Waals surface area contributed by atoms with Crippen molar-refractivity contribution in [1.29, 1.82) is 0 Å². The molecule has 5 heterocycles. The fraction of sp³-hybridized carbons (Fsp3) is 0.647. The number of pyridine rings is 1. The van der Waals surface area contributed by atoms with Gasteiger partial charge in [0.15, 0.2) is 11.8 Å². The summed E-state index contributed by atoms with van der Waals surface area (Å²) >= 11 is 6.34. The predicted molar refractivity (Wildman–Crippen MR) is 96.3 cm³/mol. The minimum Gasteiger partial charge on any atom is -0.456 e. The third kappa shape index (κ3) is 3.34. The predicted octanol–water partition coefficient (Wildman–Crippen LogP) is 1.11. The lowest BCUT2D eigenvalue weighted by Gasteiger charge is -2.15. The fourth-order valence-electron chi connectivity index (χ4n) is 3.78. The lowest BCUT2D eigenvalue weighted by molar-refractivity contribution is 0.00706. The number of H-pyrrole nitrogens is 1. The molecule has 1 unspecified atom stereocenters. The molecule has 0 saturated carbocycles. The van der Waals surface area contributed by atoms with Crippen LogP contribution in [0.5, 0.6) is 6.01 Å². The second-order valence-corrected chi connectivity index (χ2v) is 7.47. The molecule has 0 spiro atoms. The van der Waals surface area contributed by atoms with Crippen LogP contribution in [-0.2, 0) is 14.2 Å². The van der Waals surface area contributed by atoms with Gasteiger partial charge in [0.25, 0.3) is 6.01 Å². The number of hydrogen-bond acceptors (Lipinski definition) is 8. The number of anilines is 1. The summed E-state index contributed by atoms with van der Waals surface area (Å²) in [6.45, 7) is 2.06. The van der Waals surface area contributed by atoms with Gasteiger partial charge in [-0.15, -0.1) is 0 Å². The van der Waals surface area contributed by atoms with Crippen LogP contribution < -0.4 is 10.1 Å². The van der Waals surface area contributed by atoms with Crippen LogP contribution in [-0.4, -0.2) is 76.9 Å². The summed E-state index contributed by atoms with van der Waals surface area (Å²) in [7, 11) is 0. The Morgan fingerprint density at radius 1 is 1.26 bits per heavy atom. The van der Waals surface area contributed by atoms with E-state index in [1.165, 1.54) is 0 Å². The van der Waals surface area contributed by atoms with E-state index < -0.39 is 6.10 Å². The van der Waals surface area contributed by atoms with Crippen molar-refractivity contribution in [2.75, 3.05) is 31.7 Å². The van der Waals surface area contributed by atoms with Gasteiger partial charge < -0.3 is 34.4 Å². The van der Waals surface area contributed by atoms with Crippen molar-refractivity contribution in [3.8, 4) is 6.01 Å². The van der Waals surface area contributed by atoms with E-state index in [0.717, 1.165) is 19.4 Å². The number of halogens is 1. The zero-order chi connectivity index (χ0) is 18.4. The number of nitrogens with zero attached hydrogens (tertiary/aromatic N) is 2. The van der Waals surface area contributed by atoms with E-state index >= 15 is 0 Å². The standard InChI is InChI=1S/C17H21ClN4O5/c18-9-4-10-16(21-15(9)19-5-8-2-1-3-24-8)22-17(20-10)27-12-7-26-13-11(23)6-25-14(12)13/h4,8,11-14,23H,1-3,5-7H2,(H2,19,20,21,22)/t8?,11-,12-,13-,14-/m1/s1. The lowest BCUT2D eigenvalue weighted by Crippen LogP contribution is -2.34. The van der Waals surface area contributed by atoms with Gasteiger partial charge in [-0.3, -0.25) is 0 Å². The summed E-state index contributed by atoms with van der Waals surface area (Å²) in [5.41, 5.74) is 1.19. The lowest BCUT2D eigenvalue weighted by atomic mass is 10.1. The van der Waals surface area contributed by atoms with Crippen LogP contribution in [0.15, 0.2) is 6.07 Å². The van der Waals surface area contributed by atoms with Gasteiger partial charge in [-0.05, 0) is 18.9 Å². The van der Waals surface area contributed by atoms with E-state index in [9.17, 15) is 5.11 Å². The van der Waals surface area contributed by atoms with Crippen molar-refractivity contribution in [1.82, 2.24) is 15.0 Å². The largest absolute Gasteiger partial charge is 0.456 e. The molecule has 3 aliphatic heterocycles. The van der Waals surface area contributed by atoms with E-state index in [0.29, 0.717) is 41.2 Å². The van der Waals surface area contributed by atoms with Gasteiger partial charge in [0.2, 0.25) is 0 Å². The Morgan fingerprint density at radius 2 is 2.15 bits per heavy atom. The Bertz CT molecular complexity index is 827. The first-order chi connectivity index (χ1) is 13.2. The van der Waals surface area contributed by atoms with Crippen molar-refractivity contribution in [2.45, 2.75) is 43.4 Å². The molecule has 0 radical (unpaired) electrons. The number of aromatic amines is 1. The topological polar surface area (TPSA) is 111 Å². The summed E-state index contributed by atoms with van der Waals surface area (Å²) in [4.78, 5) is 12.0. The van der Waals surface area contributed by atoms with Gasteiger partial charge in [0.1, 0.15) is 24.1 Å². The maximum absolute atomic E-state index is 9.82. The minimum absolute atomic E-state index is 0.189. The number of ether oxygens (including phenoxy) is 4.